The third-order valence-electron chi connectivity index (χ3n) is 8.61. The summed E-state index contributed by atoms with van der Waals surface area (Å²) >= 11 is 0. The minimum atomic E-state index is 0.960. The lowest BCUT2D eigenvalue weighted by molar-refractivity contribution is 0.971. The van der Waals surface area contributed by atoms with Crippen molar-refractivity contribution in [3.63, 3.8) is 0 Å². The van der Waals surface area contributed by atoms with E-state index in [4.69, 9.17) is 4.98 Å². The molecule has 2 aliphatic heterocycles. The van der Waals surface area contributed by atoms with Gasteiger partial charge in [0.25, 0.3) is 0 Å². The van der Waals surface area contributed by atoms with Crippen LogP contribution in [0.25, 0.3) is 22.3 Å². The molecule has 1 aromatic heterocycles. The van der Waals surface area contributed by atoms with Crippen molar-refractivity contribution in [2.24, 2.45) is 0 Å². The molecule has 2 heteroatoms. The lowest BCUT2D eigenvalue weighted by Gasteiger charge is -2.39. The molecule has 2 nitrogen and oxygen atoms in total. The number of fused-ring (bicyclic) bond motifs is 12. The van der Waals surface area contributed by atoms with Gasteiger partial charge in [0.05, 0.1) is 11.4 Å². The van der Waals surface area contributed by atoms with E-state index in [0.717, 1.165) is 31.5 Å². The van der Waals surface area contributed by atoms with Crippen LogP contribution in [0, 0.1) is 0 Å². The fourth-order valence-electron chi connectivity index (χ4n) is 7.18. The zero-order valence-corrected chi connectivity index (χ0v) is 19.3. The van der Waals surface area contributed by atoms with Gasteiger partial charge in [-0.2, -0.15) is 0 Å². The summed E-state index contributed by atoms with van der Waals surface area (Å²) < 4.78 is 0. The summed E-state index contributed by atoms with van der Waals surface area (Å²) in [5, 5.41) is 0. The van der Waals surface area contributed by atoms with E-state index in [9.17, 15) is 0 Å². The zero-order chi connectivity index (χ0) is 22.7. The van der Waals surface area contributed by atoms with E-state index in [-0.39, 0.29) is 0 Å². The minimum absolute atomic E-state index is 0.960. The number of para-hydroxylation sites is 1. The number of benzene rings is 4. The third-order valence-corrected chi connectivity index (χ3v) is 8.61. The molecular weight excluding hydrogens is 424 g/mol. The maximum Gasteiger partial charge on any atom is 0.141 e. The van der Waals surface area contributed by atoms with Gasteiger partial charge in [0.15, 0.2) is 0 Å². The summed E-state index contributed by atoms with van der Waals surface area (Å²) in [7, 11) is 0. The van der Waals surface area contributed by atoms with Gasteiger partial charge in [0.1, 0.15) is 5.82 Å². The molecule has 9 rings (SSSR count). The molecule has 164 valence electrons. The van der Waals surface area contributed by atoms with Crippen LogP contribution in [0.5, 0.6) is 0 Å². The molecule has 0 saturated carbocycles. The number of nitrogens with zero attached hydrogens (tertiary/aromatic N) is 2. The van der Waals surface area contributed by atoms with Crippen LogP contribution in [0.3, 0.4) is 0 Å². The fraction of sp³-hybridized carbons (Fsp3) is 0.121. The first kappa shape index (κ1) is 18.2. The molecule has 0 fully saturated rings. The Morgan fingerprint density at radius 3 is 2.26 bits per heavy atom. The molecule has 0 unspecified atom stereocenters. The Bertz CT molecular complexity index is 1760. The van der Waals surface area contributed by atoms with Crippen LogP contribution in [0.2, 0.25) is 0 Å². The van der Waals surface area contributed by atoms with E-state index in [1.54, 1.807) is 0 Å². The Labute approximate surface area is 204 Å². The van der Waals surface area contributed by atoms with E-state index in [2.05, 4.69) is 83.8 Å². The van der Waals surface area contributed by atoms with Gasteiger partial charge in [-0.05, 0) is 91.7 Å². The highest BCUT2D eigenvalue weighted by molar-refractivity contribution is 5.94. The van der Waals surface area contributed by atoms with Crippen molar-refractivity contribution >= 4 is 17.2 Å². The molecule has 0 N–H and O–H groups in total. The summed E-state index contributed by atoms with van der Waals surface area (Å²) in [4.78, 5) is 7.32. The molecule has 3 heterocycles. The summed E-state index contributed by atoms with van der Waals surface area (Å²) in [5.74, 6) is 1.10. The van der Waals surface area contributed by atoms with Crippen molar-refractivity contribution < 1.29 is 0 Å². The van der Waals surface area contributed by atoms with E-state index in [1.807, 2.05) is 6.20 Å². The standard InChI is InChI=1S/C33H22N2/c1-2-9-24-19(5-1)16-29-25(24)11-10-20-17-27-26(31(20)29)12-13-30-28(27)18-22-7-3-6-21-15-23-8-4-14-34-33(23)35(30)32(21)22/h1-14H,15-18H2. The molecule has 4 aliphatic rings. The van der Waals surface area contributed by atoms with Crippen LogP contribution < -0.4 is 4.90 Å². The number of rotatable bonds is 0. The van der Waals surface area contributed by atoms with Gasteiger partial charge in [0.2, 0.25) is 0 Å². The zero-order valence-electron chi connectivity index (χ0n) is 19.3. The molecule has 0 atom stereocenters. The first-order chi connectivity index (χ1) is 17.3. The Kier molecular flexibility index (Phi) is 3.27. The van der Waals surface area contributed by atoms with Crippen molar-refractivity contribution in [1.29, 1.82) is 0 Å². The second-order valence-corrected chi connectivity index (χ2v) is 10.3. The molecule has 2 aliphatic carbocycles. The van der Waals surface area contributed by atoms with Gasteiger partial charge < -0.3 is 0 Å². The molecular formula is C33H22N2. The van der Waals surface area contributed by atoms with Crippen LogP contribution in [0.4, 0.5) is 17.2 Å². The predicted octanol–water partition coefficient (Wildman–Crippen LogP) is 7.50. The average Bonchev–Trinajstić information content (AvgIpc) is 3.47. The van der Waals surface area contributed by atoms with Crippen molar-refractivity contribution in [3.8, 4) is 22.3 Å². The Balaban J connectivity index is 1.28. The summed E-state index contributed by atoms with van der Waals surface area (Å²) in [5.41, 5.74) is 20.0. The van der Waals surface area contributed by atoms with Crippen LogP contribution in [-0.2, 0) is 25.7 Å². The Morgan fingerprint density at radius 1 is 0.514 bits per heavy atom. The monoisotopic (exact) mass is 446 g/mol. The quantitative estimate of drug-likeness (QED) is 0.240. The summed E-state index contributed by atoms with van der Waals surface area (Å²) in [6, 6.07) is 29.6. The van der Waals surface area contributed by atoms with Crippen molar-refractivity contribution in [2.75, 3.05) is 4.90 Å². The van der Waals surface area contributed by atoms with Gasteiger partial charge in [0, 0.05) is 19.0 Å². The van der Waals surface area contributed by atoms with E-state index in [0.29, 0.717) is 0 Å². The number of anilines is 3. The normalized spacial score (nSPS) is 14.9. The highest BCUT2D eigenvalue weighted by atomic mass is 15.2. The Morgan fingerprint density at radius 2 is 1.29 bits per heavy atom. The first-order valence-electron chi connectivity index (χ1n) is 12.6. The maximum atomic E-state index is 4.87. The maximum absolute atomic E-state index is 4.87. The van der Waals surface area contributed by atoms with E-state index < -0.39 is 0 Å². The number of pyridine rings is 1. The second-order valence-electron chi connectivity index (χ2n) is 10.3. The summed E-state index contributed by atoms with van der Waals surface area (Å²) in [6.45, 7) is 0. The van der Waals surface area contributed by atoms with Crippen molar-refractivity contribution in [3.05, 3.63) is 130 Å². The molecule has 0 radical (unpaired) electrons. The van der Waals surface area contributed by atoms with Crippen LogP contribution >= 0.6 is 0 Å². The third kappa shape index (κ3) is 2.23. The highest BCUT2D eigenvalue weighted by Crippen LogP contribution is 2.54. The number of hydrogen-bond donors (Lipinski definition) is 0. The van der Waals surface area contributed by atoms with Crippen LogP contribution in [0.1, 0.15) is 44.5 Å². The van der Waals surface area contributed by atoms with Gasteiger partial charge in [-0.15, -0.1) is 0 Å². The van der Waals surface area contributed by atoms with E-state index in [1.165, 1.54) is 78.1 Å². The lowest BCUT2D eigenvalue weighted by Crippen LogP contribution is -2.26. The number of hydrogen-bond acceptors (Lipinski definition) is 2. The molecule has 0 amide bonds. The van der Waals surface area contributed by atoms with Gasteiger partial charge >= 0.3 is 0 Å². The molecule has 0 saturated heterocycles. The van der Waals surface area contributed by atoms with Gasteiger partial charge in [-0.3, -0.25) is 4.90 Å². The topological polar surface area (TPSA) is 16.1 Å². The highest BCUT2D eigenvalue weighted by Gasteiger charge is 2.36. The average molecular weight is 447 g/mol. The fourth-order valence-corrected chi connectivity index (χ4v) is 7.18. The van der Waals surface area contributed by atoms with Crippen molar-refractivity contribution in [1.82, 2.24) is 4.98 Å². The molecule has 4 aromatic carbocycles. The molecule has 0 bridgehead atoms. The van der Waals surface area contributed by atoms with Gasteiger partial charge in [-0.1, -0.05) is 66.7 Å². The smallest absolute Gasteiger partial charge is 0.141 e. The SMILES string of the molecule is c1ccc2c(c1)Cc1c-2ccc2c1-c1ccc3c(c1C2)Cc1cccc2c1N3c1ncccc1C2. The minimum Gasteiger partial charge on any atom is -0.294 e. The largest absolute Gasteiger partial charge is 0.294 e. The van der Waals surface area contributed by atoms with Crippen molar-refractivity contribution in [2.45, 2.75) is 25.7 Å². The predicted molar refractivity (Wildman–Crippen MR) is 141 cm³/mol. The molecule has 35 heavy (non-hydrogen) atoms. The summed E-state index contributed by atoms with van der Waals surface area (Å²) in [6.07, 6.45) is 5.96. The lowest BCUT2D eigenvalue weighted by atomic mass is 9.85. The number of aromatic nitrogens is 1. The molecule has 5 aromatic rings. The first-order valence-corrected chi connectivity index (χ1v) is 12.6. The van der Waals surface area contributed by atoms with Crippen LogP contribution in [-0.4, -0.2) is 4.98 Å². The van der Waals surface area contributed by atoms with Crippen LogP contribution in [0.15, 0.2) is 85.1 Å². The Hall–Kier alpha value is -4.17. The van der Waals surface area contributed by atoms with E-state index >= 15 is 0 Å². The second kappa shape index (κ2) is 6.28. The van der Waals surface area contributed by atoms with Gasteiger partial charge in [-0.25, -0.2) is 4.98 Å². The molecule has 0 spiro atoms.